The molecule has 2 aliphatic carbocycles. The van der Waals surface area contributed by atoms with Crippen LogP contribution in [0.1, 0.15) is 179 Å². The monoisotopic (exact) mass is 1830 g/mol. The molecule has 137 heavy (non-hydrogen) atoms. The van der Waals surface area contributed by atoms with Gasteiger partial charge in [0, 0.05) is 157 Å². The van der Waals surface area contributed by atoms with E-state index >= 15 is 0 Å². The number of nitrogens with two attached hydrogens (primary N) is 4. The number of halogens is 2. The van der Waals surface area contributed by atoms with Crippen molar-refractivity contribution < 1.29 is 13.5 Å². The highest BCUT2D eigenvalue weighted by Crippen LogP contribution is 2.56. The zero-order chi connectivity index (χ0) is 92.0. The van der Waals surface area contributed by atoms with Crippen molar-refractivity contribution in [2.45, 2.75) is 158 Å². The number of likely N-dealkylation sites (N-methyl/N-ethyl adjacent to an activating group) is 1. The number of aromatic amines is 1. The van der Waals surface area contributed by atoms with Crippen LogP contribution in [0, 0.1) is 22.5 Å². The van der Waals surface area contributed by atoms with Crippen LogP contribution in [-0.4, -0.2) is 179 Å². The Morgan fingerprint density at radius 2 is 0.854 bits per heavy atom. The topological polar surface area (TPSA) is 350 Å². The summed E-state index contributed by atoms with van der Waals surface area (Å²) in [5.41, 5.74) is 49.6. The highest BCUT2D eigenvalue weighted by atomic mass is 19.1. The summed E-state index contributed by atoms with van der Waals surface area (Å²) < 4.78 is 35.3. The second-order valence-corrected chi connectivity index (χ2v) is 39.4. The van der Waals surface area contributed by atoms with Crippen molar-refractivity contribution in [1.82, 2.24) is 65.0 Å². The van der Waals surface area contributed by atoms with Gasteiger partial charge in [-0.3, -0.25) is 35.0 Å². The molecule has 15 aliphatic rings. The first kappa shape index (κ1) is 84.8. The van der Waals surface area contributed by atoms with Gasteiger partial charge in [-0.2, -0.15) is 5.10 Å². The number of rotatable bonds is 5. The van der Waals surface area contributed by atoms with Gasteiger partial charge in [-0.05, 0) is 190 Å². The number of anilines is 10. The van der Waals surface area contributed by atoms with E-state index in [0.717, 1.165) is 312 Å². The molecule has 13 aromatic rings. The molecule has 30 nitrogen and oxygen atoms in total. The third-order valence-electron chi connectivity index (χ3n) is 32.2. The van der Waals surface area contributed by atoms with E-state index in [4.69, 9.17) is 82.5 Å². The van der Waals surface area contributed by atoms with Gasteiger partial charge in [0.25, 0.3) is 0 Å². The first-order valence-corrected chi connectivity index (χ1v) is 48.7. The lowest BCUT2D eigenvalue weighted by Gasteiger charge is -2.51. The minimum Gasteiger partial charge on any atom is -0.485 e. The van der Waals surface area contributed by atoms with Gasteiger partial charge in [0.15, 0.2) is 34.5 Å². The molecule has 28 rings (SSSR count). The van der Waals surface area contributed by atoms with Gasteiger partial charge in [0.2, 0.25) is 0 Å². The number of benzene rings is 5. The van der Waals surface area contributed by atoms with Gasteiger partial charge in [0.1, 0.15) is 63.3 Å². The van der Waals surface area contributed by atoms with Crippen molar-refractivity contribution in [3.05, 3.63) is 291 Å². The molecule has 13 aliphatic heterocycles. The zero-order valence-corrected chi connectivity index (χ0v) is 76.8. The average Bonchev–Trinajstić information content (AvgIpc) is 1.58. The molecule has 4 saturated heterocycles. The Morgan fingerprint density at radius 1 is 0.387 bits per heavy atom. The molecule has 0 bridgehead atoms. The average molecular weight is 1830 g/mol. The normalized spacial score (nSPS) is 21.8. The van der Waals surface area contributed by atoms with Crippen LogP contribution in [0.5, 0.6) is 5.75 Å². The number of fused-ring (bicyclic) bond motifs is 12. The van der Waals surface area contributed by atoms with E-state index in [1.807, 2.05) is 79.8 Å². The maximum absolute atomic E-state index is 14.5. The number of amidine groups is 3. The molecule has 0 unspecified atom stereocenters. The molecule has 0 amide bonds. The molecule has 0 radical (unpaired) electrons. The maximum Gasteiger partial charge on any atom is 0.183 e. The largest absolute Gasteiger partial charge is 0.485 e. The van der Waals surface area contributed by atoms with Crippen LogP contribution in [0.4, 0.5) is 66.3 Å². The van der Waals surface area contributed by atoms with Crippen molar-refractivity contribution in [2.75, 3.05) is 130 Å². The van der Waals surface area contributed by atoms with E-state index in [-0.39, 0.29) is 45.9 Å². The van der Waals surface area contributed by atoms with Crippen molar-refractivity contribution in [2.24, 2.45) is 48.7 Å². The summed E-state index contributed by atoms with van der Waals surface area (Å²) in [5, 5.41) is 7.74. The first-order valence-electron chi connectivity index (χ1n) is 48.7. The number of pyridine rings is 3. The summed E-state index contributed by atoms with van der Waals surface area (Å²) in [6.45, 7) is 12.1. The van der Waals surface area contributed by atoms with Crippen LogP contribution in [0.2, 0.25) is 0 Å². The Bertz CT molecular complexity index is 6980. The van der Waals surface area contributed by atoms with Crippen molar-refractivity contribution in [1.29, 1.82) is 0 Å². The third kappa shape index (κ3) is 14.3. The quantitative estimate of drug-likeness (QED) is 0.107. The highest BCUT2D eigenvalue weighted by Gasteiger charge is 2.55. The fourth-order valence-corrected chi connectivity index (χ4v) is 24.7. The molecule has 0 saturated carbocycles. The Balaban J connectivity index is 0.0000000971. The molecule has 4 atom stereocenters. The summed E-state index contributed by atoms with van der Waals surface area (Å²) in [6, 6.07) is 48.1. The Labute approximate surface area is 793 Å². The summed E-state index contributed by atoms with van der Waals surface area (Å²) in [7, 11) is 2.20. The molecule has 694 valence electrons. The van der Waals surface area contributed by atoms with Crippen LogP contribution in [-0.2, 0) is 58.2 Å². The SMILES string of the molecule is CN1c2ccccc2[C@@H](N)C12CCN(c1cnc3c(n1)CN=C3N1CCCc3ncccc31)CC2.N[C@@H]1c2c(F)ccc(F)c2CC12CCN(c1cnc3c(n1)CN=C3N1CCCc3ncccc31)CC2.N[C@@H]1c2ccccc2CC12CN(c1cnc3c(N4CCCc5ccccc54)n[nH]c3n1)C2.N[C@@H]1c2ccccc2OC12CCN(c1cnc3c(n1)CN=C3N1CCCc3ncccc31)CC2. The molecule has 32 heteroatoms. The molecule has 5 aromatic carbocycles. The van der Waals surface area contributed by atoms with Crippen LogP contribution in [0.3, 0.4) is 0 Å². The van der Waals surface area contributed by atoms with E-state index in [9.17, 15) is 8.78 Å². The minimum atomic E-state index is -0.491. The smallest absolute Gasteiger partial charge is 0.183 e. The van der Waals surface area contributed by atoms with Gasteiger partial charge in [0.05, 0.1) is 113 Å². The zero-order valence-electron chi connectivity index (χ0n) is 76.8. The molecule has 9 N–H and O–H groups in total. The van der Waals surface area contributed by atoms with E-state index in [1.54, 1.807) is 0 Å². The maximum atomic E-state index is 14.5. The number of aliphatic imine (C=N–C) groups is 3. The summed E-state index contributed by atoms with van der Waals surface area (Å²) in [6.07, 6.45) is 28.2. The van der Waals surface area contributed by atoms with E-state index < -0.39 is 11.9 Å². The number of nitrogens with zero attached hydrogens (tertiary/aromatic N) is 24. The second kappa shape index (κ2) is 33.8. The molecular formula is C105H109F2N29O. The fraction of sp³-hybridized carbons (Fsp3) is 0.381. The van der Waals surface area contributed by atoms with Crippen molar-refractivity contribution in [3.63, 3.8) is 0 Å². The standard InChI is InChI=1S/C27H27F2N7.C27H30N8.C26H27N7O.C25H25N7/c28-17-5-6-18(29)23-16(17)13-27(25(23)30)7-11-35(12-8-27)22-15-32-24-20(34-22)14-33-26(24)36-10-2-3-19-21(36)4-1-9-31-19;1-33-21-8-3-2-6-18(21)25(28)27(33)10-14-34(15-11-27)23-17-30-24-20(32-23)16-31-26(24)35-13-5-7-19-22(35)9-4-12-29-19;27-24-17-5-1-2-8-21(17)34-26(24)9-13-32(14-10-26)22-16-29-23-19(31-22)15-30-25(23)33-12-4-6-18-20(33)7-3-11-28-18;26-22-18-9-3-1-7-17(18)12-25(22)14-31(15-25)20-13-27-21-23(28-20)29-30-24(21)32-11-5-8-16-6-2-4-10-19(16)32/h1,4-6,9,15,25H,2-3,7-8,10-14,30H2;2-4,6,8-9,12,17,25H,5,7,10-11,13-16,28H2,1H3;1-3,5,7-8,11,16,24H,4,6,9-10,12-15,27H2;1-4,6-7,9-10,13,22H,5,8,11-12,14-15,26H2,(H,28,29,30)/t2*25-;24-;22-/m1111/s1. The van der Waals surface area contributed by atoms with Gasteiger partial charge in [-0.25, -0.2) is 48.7 Å². The summed E-state index contributed by atoms with van der Waals surface area (Å²) in [4.78, 5) is 87.9. The van der Waals surface area contributed by atoms with Crippen molar-refractivity contribution >= 4 is 86.2 Å². The summed E-state index contributed by atoms with van der Waals surface area (Å²) >= 11 is 0. The van der Waals surface area contributed by atoms with E-state index in [0.29, 0.717) is 37.2 Å². The van der Waals surface area contributed by atoms with Crippen LogP contribution in [0.25, 0.3) is 11.2 Å². The third-order valence-corrected chi connectivity index (χ3v) is 32.2. The number of hydrogen-bond donors (Lipinski definition) is 5. The van der Waals surface area contributed by atoms with Gasteiger partial charge in [-0.15, -0.1) is 0 Å². The second-order valence-electron chi connectivity index (χ2n) is 39.4. The van der Waals surface area contributed by atoms with E-state index in [1.165, 1.54) is 45.8 Å². The number of H-pyrrole nitrogens is 1. The van der Waals surface area contributed by atoms with Gasteiger partial charge >= 0.3 is 0 Å². The Kier molecular flexibility index (Phi) is 20.9. The molecule has 4 spiro atoms. The first-order chi connectivity index (χ1) is 67.1. The van der Waals surface area contributed by atoms with Gasteiger partial charge < -0.3 is 71.8 Å². The molecule has 21 heterocycles. The predicted molar refractivity (Wildman–Crippen MR) is 527 cm³/mol. The number of hydrogen-bond acceptors (Lipinski definition) is 29. The van der Waals surface area contributed by atoms with Crippen LogP contribution < -0.4 is 71.8 Å². The van der Waals surface area contributed by atoms with E-state index in [2.05, 4.69) is 173 Å². The number of nitrogens with one attached hydrogen (secondary N) is 1. The number of aryl methyl sites for hydroxylation is 4. The lowest BCUT2D eigenvalue weighted by molar-refractivity contribution is 0.0431. The summed E-state index contributed by atoms with van der Waals surface area (Å²) in [5.74, 6) is 7.33. The lowest BCUT2D eigenvalue weighted by atomic mass is 9.73. The number of aromatic nitrogens is 13. The predicted octanol–water partition coefficient (Wildman–Crippen LogP) is 13.3. The number of ether oxygens (including phenoxy) is 1. The number of para-hydroxylation sites is 3. The van der Waals surface area contributed by atoms with Gasteiger partial charge in [-0.1, -0.05) is 78.9 Å². The highest BCUT2D eigenvalue weighted by molar-refractivity contribution is 6.13. The van der Waals surface area contributed by atoms with Crippen LogP contribution >= 0.6 is 0 Å². The molecule has 8 aromatic heterocycles. The molecule has 4 fully saturated rings. The Hall–Kier alpha value is -14.0. The molecular weight excluding hydrogens is 1720 g/mol. The Morgan fingerprint density at radius 3 is 1.40 bits per heavy atom. The number of piperidine rings is 3. The lowest BCUT2D eigenvalue weighted by Crippen LogP contribution is -2.60. The van der Waals surface area contributed by atoms with Crippen LogP contribution in [0.15, 0.2) is 204 Å². The minimum absolute atomic E-state index is 0.0314. The fourth-order valence-electron chi connectivity index (χ4n) is 24.7. The van der Waals surface area contributed by atoms with Crippen molar-refractivity contribution in [3.8, 4) is 5.75 Å².